The van der Waals surface area contributed by atoms with Crippen LogP contribution in [0.1, 0.15) is 49.3 Å². The number of alkyl halides is 3. The molecule has 0 saturated heterocycles. The summed E-state index contributed by atoms with van der Waals surface area (Å²) in [6.07, 6.45) is -4.88. The van der Waals surface area contributed by atoms with Gasteiger partial charge < -0.3 is 24.7 Å². The van der Waals surface area contributed by atoms with Gasteiger partial charge in [-0.1, -0.05) is 35.9 Å². The van der Waals surface area contributed by atoms with Crippen LogP contribution in [0.15, 0.2) is 54.6 Å². The molecule has 1 aromatic heterocycles. The molecule has 1 aliphatic heterocycles. The van der Waals surface area contributed by atoms with E-state index in [1.807, 2.05) is 35.8 Å². The van der Waals surface area contributed by atoms with E-state index in [2.05, 4.69) is 15.4 Å². The summed E-state index contributed by atoms with van der Waals surface area (Å²) in [6, 6.07) is 14.9. The van der Waals surface area contributed by atoms with E-state index in [0.29, 0.717) is 42.0 Å². The number of rotatable bonds is 6. The minimum Gasteiger partial charge on any atom is -0.444 e. The van der Waals surface area contributed by atoms with Crippen molar-refractivity contribution in [2.45, 2.75) is 52.1 Å². The summed E-state index contributed by atoms with van der Waals surface area (Å²) in [7, 11) is 0. The van der Waals surface area contributed by atoms with Crippen LogP contribution in [0, 0.1) is 6.92 Å². The maximum absolute atomic E-state index is 12.9. The second kappa shape index (κ2) is 10.4. The summed E-state index contributed by atoms with van der Waals surface area (Å²) in [4.78, 5) is 25.1. The Kier molecular flexibility index (Phi) is 7.44. The molecule has 0 spiro atoms. The zero-order valence-electron chi connectivity index (χ0n) is 21.6. The number of carbonyl (C=O) groups excluding carboxylic acids is 2. The molecule has 10 heteroatoms. The maximum Gasteiger partial charge on any atom is 0.573 e. The van der Waals surface area contributed by atoms with Crippen molar-refractivity contribution in [2.75, 3.05) is 13.1 Å². The van der Waals surface area contributed by atoms with Crippen molar-refractivity contribution in [3.8, 4) is 28.1 Å². The van der Waals surface area contributed by atoms with Gasteiger partial charge in [0.1, 0.15) is 17.0 Å². The van der Waals surface area contributed by atoms with Gasteiger partial charge in [-0.15, -0.1) is 13.2 Å². The van der Waals surface area contributed by atoms with E-state index < -0.39 is 18.1 Å². The van der Waals surface area contributed by atoms with Gasteiger partial charge >= 0.3 is 12.5 Å². The number of nitrogens with one attached hydrogen (secondary N) is 2. The van der Waals surface area contributed by atoms with Gasteiger partial charge in [0, 0.05) is 18.7 Å². The number of benzene rings is 2. The Bertz CT molecular complexity index is 1340. The van der Waals surface area contributed by atoms with Gasteiger partial charge in [0.05, 0.1) is 11.7 Å². The Morgan fingerprint density at radius 2 is 1.79 bits per heavy atom. The van der Waals surface area contributed by atoms with Crippen LogP contribution in [0.5, 0.6) is 5.75 Å². The minimum atomic E-state index is -4.83. The van der Waals surface area contributed by atoms with Crippen LogP contribution in [0.2, 0.25) is 0 Å². The van der Waals surface area contributed by atoms with Crippen LogP contribution in [0.3, 0.4) is 0 Å². The topological polar surface area (TPSA) is 81.6 Å². The number of halogens is 3. The molecule has 202 valence electrons. The van der Waals surface area contributed by atoms with Crippen LogP contribution in [0.4, 0.5) is 18.0 Å². The lowest BCUT2D eigenvalue weighted by atomic mass is 9.99. The summed E-state index contributed by atoms with van der Waals surface area (Å²) >= 11 is 0. The van der Waals surface area contributed by atoms with E-state index in [4.69, 9.17) is 4.74 Å². The molecule has 2 heterocycles. The fourth-order valence-corrected chi connectivity index (χ4v) is 4.53. The van der Waals surface area contributed by atoms with Crippen LogP contribution in [-0.2, 0) is 4.74 Å². The summed E-state index contributed by atoms with van der Waals surface area (Å²) in [5.74, 6) is -0.638. The first-order valence-electron chi connectivity index (χ1n) is 12.2. The largest absolute Gasteiger partial charge is 0.573 e. The number of amides is 2. The molecule has 3 aromatic rings. The Morgan fingerprint density at radius 3 is 2.47 bits per heavy atom. The molecular weight excluding hydrogens is 499 g/mol. The first-order valence-corrected chi connectivity index (χ1v) is 12.2. The van der Waals surface area contributed by atoms with E-state index in [9.17, 15) is 22.8 Å². The first kappa shape index (κ1) is 27.1. The molecule has 1 aliphatic rings. The van der Waals surface area contributed by atoms with Gasteiger partial charge in [-0.2, -0.15) is 0 Å². The lowest BCUT2D eigenvalue weighted by Crippen LogP contribution is -2.41. The molecule has 2 amide bonds. The fraction of sp³-hybridized carbons (Fsp3) is 0.357. The lowest BCUT2D eigenvalue weighted by molar-refractivity contribution is -0.274. The SMILES string of the molecule is Cc1cccc(-c2c(-c3cccc(OC(F)(F)F)c3)cc3n2[C@@H](CCNC(=O)OC(C)(C)C)CNC3=O)c1. The highest BCUT2D eigenvalue weighted by atomic mass is 19.4. The molecule has 0 fully saturated rings. The first-order chi connectivity index (χ1) is 17.8. The van der Waals surface area contributed by atoms with Crippen molar-refractivity contribution < 1.29 is 32.2 Å². The molecule has 7 nitrogen and oxygen atoms in total. The standard InChI is InChI=1S/C28H30F3N3O4/c1-17-7-5-9-19(13-17)24-22(18-8-6-10-21(14-18)37-28(29,30)31)15-23-25(35)33-16-20(34(23)24)11-12-32-26(36)38-27(2,3)4/h5-10,13-15,20H,11-12,16H2,1-4H3,(H,32,36)(H,33,35)/t20-/m0/s1. The molecule has 38 heavy (non-hydrogen) atoms. The van der Waals surface area contributed by atoms with E-state index in [1.165, 1.54) is 18.2 Å². The number of aromatic nitrogens is 1. The number of hydrogen-bond acceptors (Lipinski definition) is 4. The number of carbonyl (C=O) groups is 2. The van der Waals surface area contributed by atoms with Crippen molar-refractivity contribution in [3.63, 3.8) is 0 Å². The third-order valence-electron chi connectivity index (χ3n) is 5.95. The third kappa shape index (κ3) is 6.48. The Labute approximate surface area is 218 Å². The second-order valence-corrected chi connectivity index (χ2v) is 10.2. The van der Waals surface area contributed by atoms with Gasteiger partial charge in [-0.3, -0.25) is 4.79 Å². The van der Waals surface area contributed by atoms with Crippen LogP contribution < -0.4 is 15.4 Å². The molecule has 4 rings (SSSR count). The highest BCUT2D eigenvalue weighted by Crippen LogP contribution is 2.40. The smallest absolute Gasteiger partial charge is 0.444 e. The summed E-state index contributed by atoms with van der Waals surface area (Å²) in [5, 5.41) is 5.64. The molecular formula is C28H30F3N3O4. The Hall–Kier alpha value is -3.95. The second-order valence-electron chi connectivity index (χ2n) is 10.2. The van der Waals surface area contributed by atoms with E-state index in [-0.39, 0.29) is 17.7 Å². The number of ether oxygens (including phenoxy) is 2. The minimum absolute atomic E-state index is 0.225. The number of hydrogen-bond donors (Lipinski definition) is 2. The predicted molar refractivity (Wildman–Crippen MR) is 137 cm³/mol. The van der Waals surface area contributed by atoms with Crippen LogP contribution in [0.25, 0.3) is 22.4 Å². The molecule has 0 aliphatic carbocycles. The fourth-order valence-electron chi connectivity index (χ4n) is 4.53. The predicted octanol–water partition coefficient (Wildman–Crippen LogP) is 6.23. The van der Waals surface area contributed by atoms with Gasteiger partial charge in [0.25, 0.3) is 5.91 Å². The molecule has 0 radical (unpaired) electrons. The van der Waals surface area contributed by atoms with Crippen LogP contribution >= 0.6 is 0 Å². The average molecular weight is 530 g/mol. The van der Waals surface area contributed by atoms with Gasteiger partial charge in [-0.25, -0.2) is 4.79 Å². The molecule has 2 N–H and O–H groups in total. The monoisotopic (exact) mass is 529 g/mol. The number of nitrogens with zero attached hydrogens (tertiary/aromatic N) is 1. The highest BCUT2D eigenvalue weighted by molar-refractivity contribution is 5.98. The van der Waals surface area contributed by atoms with Crippen molar-refractivity contribution in [2.24, 2.45) is 0 Å². The normalized spacial score (nSPS) is 15.4. The molecule has 0 bridgehead atoms. The average Bonchev–Trinajstić information content (AvgIpc) is 3.20. The summed E-state index contributed by atoms with van der Waals surface area (Å²) < 4.78 is 50.1. The van der Waals surface area contributed by atoms with Crippen molar-refractivity contribution >= 4 is 12.0 Å². The van der Waals surface area contributed by atoms with Crippen molar-refractivity contribution in [1.82, 2.24) is 15.2 Å². The lowest BCUT2D eigenvalue weighted by Gasteiger charge is -2.29. The van der Waals surface area contributed by atoms with Gasteiger partial charge in [0.15, 0.2) is 0 Å². The zero-order valence-corrected chi connectivity index (χ0v) is 21.6. The van der Waals surface area contributed by atoms with Crippen LogP contribution in [-0.4, -0.2) is 41.6 Å². The molecule has 0 saturated carbocycles. The third-order valence-corrected chi connectivity index (χ3v) is 5.95. The Balaban J connectivity index is 1.75. The highest BCUT2D eigenvalue weighted by Gasteiger charge is 2.33. The van der Waals surface area contributed by atoms with E-state index in [1.54, 1.807) is 32.9 Å². The Morgan fingerprint density at radius 1 is 1.08 bits per heavy atom. The van der Waals surface area contributed by atoms with Gasteiger partial charge in [0.2, 0.25) is 0 Å². The quantitative estimate of drug-likeness (QED) is 0.397. The van der Waals surface area contributed by atoms with Crippen molar-refractivity contribution in [3.05, 3.63) is 65.9 Å². The maximum atomic E-state index is 12.9. The zero-order chi connectivity index (χ0) is 27.7. The van der Waals surface area contributed by atoms with Gasteiger partial charge in [-0.05, 0) is 69.5 Å². The van der Waals surface area contributed by atoms with E-state index in [0.717, 1.165) is 11.1 Å². The molecule has 1 atom stereocenters. The van der Waals surface area contributed by atoms with Crippen molar-refractivity contribution in [1.29, 1.82) is 0 Å². The number of fused-ring (bicyclic) bond motifs is 1. The number of alkyl carbamates (subject to hydrolysis) is 1. The summed E-state index contributed by atoms with van der Waals surface area (Å²) in [6.45, 7) is 7.89. The molecule has 0 unspecified atom stereocenters. The van der Waals surface area contributed by atoms with E-state index >= 15 is 0 Å². The summed E-state index contributed by atoms with van der Waals surface area (Å²) in [5.41, 5.74) is 3.32. The molecule has 2 aromatic carbocycles. The number of aryl methyl sites for hydroxylation is 1.